The number of methoxy groups -OCH3 is 2. The fraction of sp³-hybridized carbons (Fsp3) is 0.500. The van der Waals surface area contributed by atoms with Crippen LogP contribution in [-0.4, -0.2) is 129 Å². The van der Waals surface area contributed by atoms with Gasteiger partial charge in [0.25, 0.3) is 11.7 Å². The number of phenols is 3. The van der Waals surface area contributed by atoms with E-state index in [-0.39, 0.29) is 56.6 Å². The Hall–Kier alpha value is -6.14. The normalized spacial score (nSPS) is 31.2. The highest BCUT2D eigenvalue weighted by Crippen LogP contribution is 2.55. The number of Topliss-reactive ketones (excluding diaryl/α,β-unsaturated/α-hetero) is 1. The number of benzene rings is 3. The molecule has 374 valence electrons. The molecule has 0 aromatic heterocycles. The van der Waals surface area contributed by atoms with E-state index in [2.05, 4.69) is 10.2 Å². The molecule has 2 unspecified atom stereocenters. The zero-order valence-corrected chi connectivity index (χ0v) is 41.5. The minimum absolute atomic E-state index is 0.0439. The van der Waals surface area contributed by atoms with Gasteiger partial charge in [-0.25, -0.2) is 0 Å². The monoisotopic (exact) mass is 956 g/mol. The predicted molar refractivity (Wildman–Crippen MR) is 260 cm³/mol. The standard InChI is InChI=1S/C52H68N4O13/c1-26-15-13-16-27(2)51(64)54-42-37(22-53-56-28(3)23-55(24-29(56)4)25-35-17-14-18-36(21-35)65-11)46(61)39-40(47(42)62)45(60)33(8)49-41(39)50(63)52(10,69-49)67-20-19-38(66-12)30(5)48(68-34(9)57)32(7)44(59)31(6)43(26)58/h13-22,26,28-32,38,43-44,48,58-62H,23-25H2,1-12H3,(H,54,64)/b15-13+,20-19+,27-16-,53-22+/t26-,28?,29?,30-,31-,32-,38+,43+,44-,48-,52+/m1/s1. The number of aliphatic hydroxyl groups is 2. The Morgan fingerprint density at radius 1 is 0.928 bits per heavy atom. The van der Waals surface area contributed by atoms with Gasteiger partial charge in [0.2, 0.25) is 0 Å². The average Bonchev–Trinajstić information content (AvgIpc) is 3.57. The van der Waals surface area contributed by atoms with Crippen molar-refractivity contribution in [2.45, 2.75) is 118 Å². The maximum absolute atomic E-state index is 14.7. The number of carbonyl (C=O) groups is 3. The summed E-state index contributed by atoms with van der Waals surface area (Å²) in [6, 6.07) is 7.59. The van der Waals surface area contributed by atoms with Crippen molar-refractivity contribution in [2.24, 2.45) is 28.8 Å². The van der Waals surface area contributed by atoms with Crippen molar-refractivity contribution in [1.82, 2.24) is 9.91 Å². The lowest BCUT2D eigenvalue weighted by atomic mass is 9.78. The van der Waals surface area contributed by atoms with Crippen molar-refractivity contribution in [3.8, 4) is 28.7 Å². The molecule has 4 aliphatic rings. The van der Waals surface area contributed by atoms with Gasteiger partial charge in [-0.15, -0.1) is 0 Å². The third-order valence-corrected chi connectivity index (χ3v) is 13.8. The minimum atomic E-state index is -2.07. The molecule has 17 nitrogen and oxygen atoms in total. The number of phenolic OH excluding ortho intramolecular Hbond substituents is 3. The molecule has 3 aromatic rings. The Bertz CT molecular complexity index is 2540. The Morgan fingerprint density at radius 2 is 1.61 bits per heavy atom. The van der Waals surface area contributed by atoms with Gasteiger partial charge < -0.3 is 54.5 Å². The summed E-state index contributed by atoms with van der Waals surface area (Å²) in [5.41, 5.74) is 0.652. The fourth-order valence-corrected chi connectivity index (χ4v) is 9.81. The lowest BCUT2D eigenvalue weighted by molar-refractivity contribution is -0.160. The summed E-state index contributed by atoms with van der Waals surface area (Å²) < 4.78 is 29.2. The third-order valence-electron chi connectivity index (χ3n) is 13.8. The molecule has 0 aliphatic carbocycles. The fourth-order valence-electron chi connectivity index (χ4n) is 9.81. The van der Waals surface area contributed by atoms with Crippen LogP contribution in [0.25, 0.3) is 10.8 Å². The minimum Gasteiger partial charge on any atom is -0.507 e. The van der Waals surface area contributed by atoms with Crippen LogP contribution in [0.15, 0.2) is 65.5 Å². The quantitative estimate of drug-likeness (QED) is 0.0627. The number of aliphatic hydroxyl groups excluding tert-OH is 2. The van der Waals surface area contributed by atoms with Gasteiger partial charge >= 0.3 is 11.8 Å². The molecular formula is C52H68N4O13. The van der Waals surface area contributed by atoms with Crippen LogP contribution in [0.4, 0.5) is 5.69 Å². The molecule has 3 aromatic carbocycles. The van der Waals surface area contributed by atoms with Crippen LogP contribution in [0.2, 0.25) is 0 Å². The second-order valence-corrected chi connectivity index (χ2v) is 19.0. The van der Waals surface area contributed by atoms with Crippen molar-refractivity contribution in [3.05, 3.63) is 82.7 Å². The van der Waals surface area contributed by atoms with Crippen LogP contribution in [0.5, 0.6) is 28.7 Å². The summed E-state index contributed by atoms with van der Waals surface area (Å²) in [5, 5.41) is 68.2. The molecule has 17 heteroatoms. The number of hydrogen-bond acceptors (Lipinski definition) is 16. The summed E-state index contributed by atoms with van der Waals surface area (Å²) in [5.74, 6) is -7.77. The number of ether oxygens (including phenoxy) is 5. The summed E-state index contributed by atoms with van der Waals surface area (Å²) in [6.07, 6.45) is 4.84. The number of aromatic hydroxyl groups is 3. The van der Waals surface area contributed by atoms with Gasteiger partial charge in [0.15, 0.2) is 5.75 Å². The van der Waals surface area contributed by atoms with E-state index in [0.717, 1.165) is 11.3 Å². The van der Waals surface area contributed by atoms with E-state index in [4.69, 9.17) is 28.8 Å². The Labute approximate surface area is 403 Å². The molecule has 69 heavy (non-hydrogen) atoms. The Morgan fingerprint density at radius 3 is 2.25 bits per heavy atom. The molecule has 7 rings (SSSR count). The van der Waals surface area contributed by atoms with Crippen molar-refractivity contribution in [1.29, 1.82) is 0 Å². The number of nitrogens with zero attached hydrogens (tertiary/aromatic N) is 3. The highest BCUT2D eigenvalue weighted by molar-refractivity contribution is 6.23. The second kappa shape index (κ2) is 21.2. The maximum Gasteiger partial charge on any atom is 0.312 e. The van der Waals surface area contributed by atoms with Crippen molar-refractivity contribution >= 4 is 40.3 Å². The number of allylic oxidation sites excluding steroid dienone is 2. The number of amides is 1. The molecule has 0 saturated carbocycles. The average molecular weight is 957 g/mol. The summed E-state index contributed by atoms with van der Waals surface area (Å²) in [6.45, 7) is 18.5. The number of piperazine rings is 1. The first-order valence-corrected chi connectivity index (χ1v) is 23.3. The van der Waals surface area contributed by atoms with E-state index in [0.29, 0.717) is 19.6 Å². The Kier molecular flexibility index (Phi) is 16.1. The van der Waals surface area contributed by atoms with Crippen LogP contribution in [0.1, 0.15) is 89.4 Å². The van der Waals surface area contributed by atoms with Gasteiger partial charge in [0.05, 0.1) is 72.2 Å². The number of carbonyl (C=O) groups excluding carboxylic acids is 3. The summed E-state index contributed by atoms with van der Waals surface area (Å²) in [7, 11) is 3.07. The van der Waals surface area contributed by atoms with Gasteiger partial charge in [-0.3, -0.25) is 24.3 Å². The first-order chi connectivity index (χ1) is 32.5. The number of esters is 1. The molecule has 4 heterocycles. The van der Waals surface area contributed by atoms with E-state index in [9.17, 15) is 39.9 Å². The van der Waals surface area contributed by atoms with Crippen LogP contribution >= 0.6 is 0 Å². The molecule has 0 radical (unpaired) electrons. The Balaban J connectivity index is 1.47. The summed E-state index contributed by atoms with van der Waals surface area (Å²) in [4.78, 5) is 43.4. The van der Waals surface area contributed by atoms with E-state index in [1.54, 1.807) is 47.0 Å². The third kappa shape index (κ3) is 10.6. The van der Waals surface area contributed by atoms with Crippen LogP contribution in [0, 0.1) is 30.6 Å². The molecular weight excluding hydrogens is 889 g/mol. The van der Waals surface area contributed by atoms with Crippen LogP contribution in [0.3, 0.4) is 0 Å². The zero-order chi connectivity index (χ0) is 50.8. The number of hydrogen-bond donors (Lipinski definition) is 6. The van der Waals surface area contributed by atoms with E-state index in [1.807, 2.05) is 43.1 Å². The predicted octanol–water partition coefficient (Wildman–Crippen LogP) is 6.69. The number of nitrogens with one attached hydrogen (secondary N) is 1. The number of ketones is 1. The molecule has 11 atom stereocenters. The second-order valence-electron chi connectivity index (χ2n) is 19.0. The van der Waals surface area contributed by atoms with Crippen LogP contribution in [-0.2, 0) is 30.3 Å². The SMILES string of the molecule is COc1cccc(CN2CC(C)N(/N=C/c3c4c(O)c5c(O)c(C)c6c(c5c3O)C(=O)[C@@](C)(O/C=C/[C@H](OC)[C@@H](C)[C@@H](OC(C)=O)[C@H](C)[C@H](O)[C@H](C)[C@@H](O)[C@H](C)/C=C/C=C(/C)C(=O)N4)O6)C(C)C2)c1. The lowest BCUT2D eigenvalue weighted by Crippen LogP contribution is -2.54. The smallest absolute Gasteiger partial charge is 0.312 e. The van der Waals surface area contributed by atoms with Crippen molar-refractivity contribution in [3.63, 3.8) is 0 Å². The number of hydrazone groups is 1. The van der Waals surface area contributed by atoms with E-state index in [1.165, 1.54) is 59.4 Å². The largest absolute Gasteiger partial charge is 0.507 e. The topological polar surface area (TPSA) is 229 Å². The maximum atomic E-state index is 14.7. The summed E-state index contributed by atoms with van der Waals surface area (Å²) >= 11 is 0. The zero-order valence-electron chi connectivity index (χ0n) is 41.5. The first kappa shape index (κ1) is 52.2. The van der Waals surface area contributed by atoms with E-state index < -0.39 is 88.8 Å². The highest BCUT2D eigenvalue weighted by atomic mass is 16.7. The van der Waals surface area contributed by atoms with Gasteiger partial charge in [-0.1, -0.05) is 58.1 Å². The molecule has 1 fully saturated rings. The van der Waals surface area contributed by atoms with Gasteiger partial charge in [-0.05, 0) is 51.5 Å². The number of rotatable bonds is 7. The highest BCUT2D eigenvalue weighted by Gasteiger charge is 2.50. The van der Waals surface area contributed by atoms with Crippen molar-refractivity contribution in [2.75, 3.05) is 32.6 Å². The molecule has 1 saturated heterocycles. The number of anilines is 1. The van der Waals surface area contributed by atoms with Gasteiger partial charge in [-0.2, -0.15) is 5.10 Å². The van der Waals surface area contributed by atoms with E-state index >= 15 is 0 Å². The van der Waals surface area contributed by atoms with Crippen molar-refractivity contribution < 1.29 is 63.6 Å². The lowest BCUT2D eigenvalue weighted by Gasteiger charge is -2.42. The molecule has 4 aliphatic heterocycles. The molecule has 6 N–H and O–H groups in total. The molecule has 0 spiro atoms. The molecule has 5 bridgehead atoms. The first-order valence-electron chi connectivity index (χ1n) is 23.3. The number of fused-ring (bicyclic) bond motifs is 14. The van der Waals surface area contributed by atoms with Gasteiger partial charge in [0, 0.05) is 80.8 Å². The molecule has 1 amide bonds. The van der Waals surface area contributed by atoms with Crippen LogP contribution < -0.4 is 14.8 Å². The van der Waals surface area contributed by atoms with Gasteiger partial charge in [0.1, 0.15) is 29.1 Å².